The van der Waals surface area contributed by atoms with Crippen molar-refractivity contribution < 1.29 is 87.9 Å². The highest BCUT2D eigenvalue weighted by atomic mass is 32.1. The number of carbonyl (C=O) groups excluding carboxylic acids is 9. The summed E-state index contributed by atoms with van der Waals surface area (Å²) in [5, 5.41) is 63.3. The highest BCUT2D eigenvalue weighted by Crippen LogP contribution is 2.20. The lowest BCUT2D eigenvalue weighted by molar-refractivity contribution is -0.147. The van der Waals surface area contributed by atoms with Gasteiger partial charge >= 0.3 is 23.9 Å². The van der Waals surface area contributed by atoms with Gasteiger partial charge in [-0.05, 0) is 38.0 Å². The van der Waals surface area contributed by atoms with Crippen molar-refractivity contribution in [2.75, 3.05) is 25.4 Å². The summed E-state index contributed by atoms with van der Waals surface area (Å²) in [4.78, 5) is 169. The van der Waals surface area contributed by atoms with Gasteiger partial charge in [0, 0.05) is 25.3 Å². The lowest BCUT2D eigenvalue weighted by atomic mass is 10.0. The summed E-state index contributed by atoms with van der Waals surface area (Å²) >= 11 is 4.02. The fourth-order valence-corrected chi connectivity index (χ4v) is 6.90. The Balaban J connectivity index is 3.18. The van der Waals surface area contributed by atoms with Crippen LogP contribution in [0.1, 0.15) is 71.6 Å². The van der Waals surface area contributed by atoms with Crippen LogP contribution in [0, 0.1) is 5.92 Å². The maximum Gasteiger partial charge on any atom is 0.326 e. The van der Waals surface area contributed by atoms with Crippen LogP contribution >= 0.6 is 12.6 Å². The Hall–Kier alpha value is -7.35. The molecule has 9 atom stereocenters. The second-order valence-corrected chi connectivity index (χ2v) is 16.7. The maximum absolute atomic E-state index is 13.8. The lowest BCUT2D eigenvalue weighted by Gasteiger charge is -2.30. The number of primary amides is 1. The zero-order valence-electron chi connectivity index (χ0n) is 38.7. The van der Waals surface area contributed by atoms with Crippen LogP contribution in [-0.4, -0.2) is 193 Å². The molecule has 0 aromatic heterocycles. The normalized spacial score (nSPS) is 16.4. The molecule has 20 N–H and O–H groups in total. The Morgan fingerprint density at radius 2 is 1.11 bits per heavy atom. The fraction of sp³-hybridized carbons (Fsp3) is 0.641. The number of aliphatic imine (C=N–C) groups is 1. The minimum Gasteiger partial charge on any atom is -0.481 e. The van der Waals surface area contributed by atoms with E-state index in [0.717, 1.165) is 4.90 Å². The van der Waals surface area contributed by atoms with E-state index in [9.17, 15) is 87.9 Å². The number of hydrogen-bond donors (Lipinski definition) is 17. The fourth-order valence-electron chi connectivity index (χ4n) is 6.64. The number of aliphatic carboxylic acids is 4. The van der Waals surface area contributed by atoms with Crippen LogP contribution in [0.2, 0.25) is 0 Å². The van der Waals surface area contributed by atoms with E-state index in [2.05, 4.69) is 54.8 Å². The second kappa shape index (κ2) is 30.3. The molecule has 71 heavy (non-hydrogen) atoms. The number of carbonyl (C=O) groups is 13. The van der Waals surface area contributed by atoms with Crippen LogP contribution < -0.4 is 60.2 Å². The van der Waals surface area contributed by atoms with Crippen LogP contribution in [0.15, 0.2) is 4.99 Å². The number of hydrogen-bond acceptors (Lipinski definition) is 17. The molecule has 0 radical (unpaired) electrons. The van der Waals surface area contributed by atoms with Crippen LogP contribution in [0.5, 0.6) is 0 Å². The van der Waals surface area contributed by atoms with Crippen LogP contribution in [-0.2, 0) is 62.3 Å². The van der Waals surface area contributed by atoms with Gasteiger partial charge in [-0.1, -0.05) is 13.8 Å². The van der Waals surface area contributed by atoms with E-state index in [4.69, 9.17) is 22.9 Å². The van der Waals surface area contributed by atoms with Gasteiger partial charge in [-0.15, -0.1) is 0 Å². The number of guanidine groups is 1. The summed E-state index contributed by atoms with van der Waals surface area (Å²) in [6.45, 7) is 1.67. The van der Waals surface area contributed by atoms with Crippen molar-refractivity contribution in [1.29, 1.82) is 0 Å². The predicted molar refractivity (Wildman–Crippen MR) is 245 cm³/mol. The molecule has 0 aromatic rings. The first-order chi connectivity index (χ1) is 33.1. The van der Waals surface area contributed by atoms with Crippen molar-refractivity contribution >= 4 is 95.6 Å². The molecule has 0 bridgehead atoms. The van der Waals surface area contributed by atoms with Gasteiger partial charge in [-0.2, -0.15) is 12.6 Å². The van der Waals surface area contributed by atoms with Gasteiger partial charge in [0.1, 0.15) is 48.3 Å². The highest BCUT2D eigenvalue weighted by Gasteiger charge is 2.41. The van der Waals surface area contributed by atoms with Crippen LogP contribution in [0.4, 0.5) is 0 Å². The molecule has 9 amide bonds. The summed E-state index contributed by atoms with van der Waals surface area (Å²) < 4.78 is 0. The number of thiol groups is 1. The molecule has 1 aliphatic heterocycles. The Kier molecular flexibility index (Phi) is 26.3. The van der Waals surface area contributed by atoms with Gasteiger partial charge in [0.2, 0.25) is 53.2 Å². The molecular formula is C39H63N13O18S. The minimum absolute atomic E-state index is 0.00418. The van der Waals surface area contributed by atoms with E-state index >= 15 is 0 Å². The number of aliphatic hydroxyl groups excluding tert-OH is 1. The summed E-state index contributed by atoms with van der Waals surface area (Å²) in [5.74, 6) is -17.9. The third-order valence-electron chi connectivity index (χ3n) is 10.3. The molecule has 0 unspecified atom stereocenters. The zero-order valence-corrected chi connectivity index (χ0v) is 39.6. The van der Waals surface area contributed by atoms with E-state index in [1.165, 1.54) is 13.8 Å². The standard InChI is InChI=1S/C39H63N13O18S/c1-16(2)29(36(67)45-18(38(69)70)7-8-25(41)54)51-32(63)20(12-27(57)58)47-34(65)23(15-71)50-33(64)22(14-53)49-35(66)24-6-4-10-52(24)37(68)21(13-28(59)60)48-31(62)19(11-26(55)56)46-30(61)17(40)5-3-9-44-39(42)43/h16-24,29,53,71H,3-15,40H2,1-2H3,(H2,41,54)(H,45,67)(H,46,61)(H,47,65)(H,48,62)(H,49,66)(H,50,64)(H,51,63)(H,55,56)(H,57,58)(H,59,60)(H,69,70)(H4,42,43,44)/t17-,18-,19-,20-,21-,22-,23-,24-,29-/m0/s1. The SMILES string of the molecule is CC(C)[C@H](NC(=O)[C@H](CC(=O)O)NC(=O)[C@H](CS)NC(=O)[C@H](CO)NC(=O)[C@@H]1CCCN1C(=O)[C@H](CC(=O)O)NC(=O)[C@H](CC(=O)O)NC(=O)[C@@H](N)CCCN=C(N)N)C(=O)N[C@@H](CCC(N)=O)C(=O)O. The molecule has 1 aliphatic rings. The lowest BCUT2D eigenvalue weighted by Crippen LogP contribution is -2.61. The molecule has 1 heterocycles. The van der Waals surface area contributed by atoms with Gasteiger partial charge in [-0.3, -0.25) is 62.5 Å². The van der Waals surface area contributed by atoms with Crippen molar-refractivity contribution in [1.82, 2.24) is 42.1 Å². The van der Waals surface area contributed by atoms with Crippen LogP contribution in [0.25, 0.3) is 0 Å². The minimum atomic E-state index is -1.94. The Labute approximate surface area is 410 Å². The smallest absolute Gasteiger partial charge is 0.326 e. The molecule has 1 saturated heterocycles. The first kappa shape index (κ1) is 61.7. The molecule has 31 nitrogen and oxygen atoms in total. The van der Waals surface area contributed by atoms with Crippen molar-refractivity contribution in [2.45, 2.75) is 126 Å². The van der Waals surface area contributed by atoms with Gasteiger partial charge < -0.3 is 90.6 Å². The average Bonchev–Trinajstić information content (AvgIpc) is 3.77. The van der Waals surface area contributed by atoms with E-state index in [1.54, 1.807) is 0 Å². The number of likely N-dealkylation sites (tertiary alicyclic amines) is 1. The molecule has 398 valence electrons. The van der Waals surface area contributed by atoms with Crippen molar-refractivity contribution in [3.05, 3.63) is 0 Å². The van der Waals surface area contributed by atoms with Gasteiger partial charge in [0.05, 0.1) is 31.9 Å². The monoisotopic (exact) mass is 1030 g/mol. The van der Waals surface area contributed by atoms with Crippen molar-refractivity contribution in [3.8, 4) is 0 Å². The molecule has 1 rings (SSSR count). The molecule has 1 fully saturated rings. The summed E-state index contributed by atoms with van der Waals surface area (Å²) in [6, 6.07) is -15.1. The number of carboxylic acid groups (broad SMARTS) is 4. The number of nitrogens with two attached hydrogens (primary N) is 4. The predicted octanol–water partition coefficient (Wildman–Crippen LogP) is -7.90. The van der Waals surface area contributed by atoms with Gasteiger partial charge in [0.15, 0.2) is 5.96 Å². The van der Waals surface area contributed by atoms with Gasteiger partial charge in [-0.25, -0.2) is 4.79 Å². The number of rotatable bonds is 32. The van der Waals surface area contributed by atoms with Crippen LogP contribution in [0.3, 0.4) is 0 Å². The number of aliphatic hydroxyl groups is 1. The largest absolute Gasteiger partial charge is 0.481 e. The average molecular weight is 1030 g/mol. The van der Waals surface area contributed by atoms with Crippen molar-refractivity contribution in [3.63, 3.8) is 0 Å². The maximum atomic E-state index is 13.8. The van der Waals surface area contributed by atoms with E-state index in [1.807, 2.05) is 0 Å². The molecule has 0 aromatic carbocycles. The van der Waals surface area contributed by atoms with E-state index in [-0.39, 0.29) is 44.7 Å². The highest BCUT2D eigenvalue weighted by molar-refractivity contribution is 7.80. The third-order valence-corrected chi connectivity index (χ3v) is 10.7. The summed E-state index contributed by atoms with van der Waals surface area (Å²) in [5.41, 5.74) is 21.4. The third kappa shape index (κ3) is 21.9. The number of carboxylic acids is 4. The summed E-state index contributed by atoms with van der Waals surface area (Å²) in [6.07, 6.45) is -3.75. The van der Waals surface area contributed by atoms with Crippen molar-refractivity contribution in [2.24, 2.45) is 33.8 Å². The molecule has 0 aliphatic carbocycles. The zero-order chi connectivity index (χ0) is 54.3. The molecule has 0 saturated carbocycles. The number of nitrogens with zero attached hydrogens (tertiary/aromatic N) is 2. The molecular weight excluding hydrogens is 971 g/mol. The summed E-state index contributed by atoms with van der Waals surface area (Å²) in [7, 11) is 0. The molecule has 32 heteroatoms. The second-order valence-electron chi connectivity index (χ2n) is 16.3. The van der Waals surface area contributed by atoms with Gasteiger partial charge in [0.25, 0.3) is 0 Å². The quantitative estimate of drug-likeness (QED) is 0.0129. The number of amides is 9. The molecule has 0 spiro atoms. The first-order valence-corrected chi connectivity index (χ1v) is 22.4. The van der Waals surface area contributed by atoms with E-state index in [0.29, 0.717) is 0 Å². The Bertz CT molecular complexity index is 2020. The first-order valence-electron chi connectivity index (χ1n) is 21.8. The number of nitrogens with one attached hydrogen (secondary N) is 7. The topological polar surface area (TPSA) is 527 Å². The Morgan fingerprint density at radius 3 is 1.61 bits per heavy atom. The Morgan fingerprint density at radius 1 is 0.634 bits per heavy atom. The van der Waals surface area contributed by atoms with E-state index < -0.39 is 182 Å².